The van der Waals surface area contributed by atoms with Crippen molar-refractivity contribution in [2.24, 2.45) is 0 Å². The van der Waals surface area contributed by atoms with Crippen LogP contribution >= 0.6 is 0 Å². The quantitative estimate of drug-likeness (QED) is 0.511. The maximum Gasteiger partial charge on any atom is 0.410 e. The third-order valence-corrected chi connectivity index (χ3v) is 1.94. The van der Waals surface area contributed by atoms with Gasteiger partial charge in [-0.2, -0.15) is 0 Å². The Balaban J connectivity index is 2.61. The van der Waals surface area contributed by atoms with Crippen LogP contribution in [0.25, 0.3) is 0 Å². The molecule has 0 radical (unpaired) electrons. The number of carbonyl (C=O) groups is 2. The van der Waals surface area contributed by atoms with Crippen molar-refractivity contribution < 1.29 is 14.3 Å². The number of methoxy groups -OCH3 is 1. The van der Waals surface area contributed by atoms with Gasteiger partial charge in [0.2, 0.25) is 0 Å². The van der Waals surface area contributed by atoms with Gasteiger partial charge in [0.05, 0.1) is 13.2 Å². The highest BCUT2D eigenvalue weighted by Crippen LogP contribution is 2.13. The molecule has 0 saturated carbocycles. The molecule has 0 bridgehead atoms. The van der Waals surface area contributed by atoms with Crippen molar-refractivity contribution in [1.82, 2.24) is 4.90 Å². The first-order valence-corrected chi connectivity index (χ1v) is 3.54. The molecule has 0 aromatic rings. The van der Waals surface area contributed by atoms with Gasteiger partial charge in [-0.3, -0.25) is 9.69 Å². The Hall–Kier alpha value is -1.06. The predicted molar refractivity (Wildman–Crippen MR) is 38.2 cm³/mol. The van der Waals surface area contributed by atoms with Crippen LogP contribution in [-0.2, 0) is 9.53 Å². The summed E-state index contributed by atoms with van der Waals surface area (Å²) in [6.07, 6.45) is 0.0411. The Bertz CT molecular complexity index is 190. The van der Waals surface area contributed by atoms with Crippen LogP contribution in [0.1, 0.15) is 13.3 Å². The van der Waals surface area contributed by atoms with Gasteiger partial charge in [-0.25, -0.2) is 4.79 Å². The third kappa shape index (κ3) is 1.34. The standard InChI is InChI=1S/C7H11NO3/c1-5-6(9)3-4-8(5)7(10)11-2/h5H,3-4H2,1-2H3. The molecular weight excluding hydrogens is 146 g/mol. The number of hydrogen-bond donors (Lipinski definition) is 0. The summed E-state index contributed by atoms with van der Waals surface area (Å²) in [5.41, 5.74) is 0. The molecule has 1 unspecified atom stereocenters. The van der Waals surface area contributed by atoms with E-state index in [1.54, 1.807) is 6.92 Å². The van der Waals surface area contributed by atoms with Crippen molar-refractivity contribution in [2.45, 2.75) is 19.4 Å². The maximum atomic E-state index is 11.0. The molecule has 1 fully saturated rings. The van der Waals surface area contributed by atoms with E-state index in [1.807, 2.05) is 0 Å². The fourth-order valence-corrected chi connectivity index (χ4v) is 1.17. The summed E-state index contributed by atoms with van der Waals surface area (Å²) in [6.45, 7) is 2.21. The molecule has 1 rings (SSSR count). The van der Waals surface area contributed by atoms with E-state index < -0.39 is 6.09 Å². The fourth-order valence-electron chi connectivity index (χ4n) is 1.17. The highest BCUT2D eigenvalue weighted by Gasteiger charge is 2.32. The molecule has 11 heavy (non-hydrogen) atoms. The lowest BCUT2D eigenvalue weighted by molar-refractivity contribution is -0.119. The Morgan fingerprint density at radius 1 is 1.73 bits per heavy atom. The average molecular weight is 157 g/mol. The molecule has 0 aromatic heterocycles. The second kappa shape index (κ2) is 2.90. The van der Waals surface area contributed by atoms with Crippen LogP contribution < -0.4 is 0 Å². The highest BCUT2D eigenvalue weighted by molar-refractivity contribution is 5.90. The summed E-state index contributed by atoms with van der Waals surface area (Å²) in [6, 6.07) is -0.303. The van der Waals surface area contributed by atoms with Crippen LogP contribution in [0.4, 0.5) is 4.79 Å². The maximum absolute atomic E-state index is 11.0. The van der Waals surface area contributed by atoms with Crippen molar-refractivity contribution >= 4 is 11.9 Å². The van der Waals surface area contributed by atoms with E-state index in [2.05, 4.69) is 4.74 Å². The highest BCUT2D eigenvalue weighted by atomic mass is 16.5. The smallest absolute Gasteiger partial charge is 0.410 e. The normalized spacial score (nSPS) is 24.0. The van der Waals surface area contributed by atoms with Crippen LogP contribution in [-0.4, -0.2) is 36.5 Å². The molecule has 1 heterocycles. The summed E-state index contributed by atoms with van der Waals surface area (Å²) >= 11 is 0. The molecule has 4 heteroatoms. The number of ether oxygens (including phenoxy) is 1. The zero-order chi connectivity index (χ0) is 8.43. The van der Waals surface area contributed by atoms with Crippen LogP contribution in [0, 0.1) is 0 Å². The van der Waals surface area contributed by atoms with Crippen LogP contribution in [0.3, 0.4) is 0 Å². The number of nitrogens with zero attached hydrogens (tertiary/aromatic N) is 1. The largest absolute Gasteiger partial charge is 0.453 e. The summed E-state index contributed by atoms with van der Waals surface area (Å²) < 4.78 is 4.49. The number of rotatable bonds is 0. The molecule has 1 atom stereocenters. The minimum atomic E-state index is -0.414. The molecular formula is C7H11NO3. The molecule has 1 saturated heterocycles. The Labute approximate surface area is 65.1 Å². The number of Topliss-reactive ketones (excluding diaryl/α,β-unsaturated/α-hetero) is 1. The summed E-state index contributed by atoms with van der Waals surface area (Å²) in [7, 11) is 1.32. The van der Waals surface area contributed by atoms with E-state index >= 15 is 0 Å². The number of hydrogen-bond acceptors (Lipinski definition) is 3. The molecule has 1 amide bonds. The SMILES string of the molecule is COC(=O)N1CCC(=O)C1C. The van der Waals surface area contributed by atoms with Gasteiger partial charge in [-0.1, -0.05) is 0 Å². The molecule has 62 valence electrons. The van der Waals surface area contributed by atoms with Gasteiger partial charge in [0.1, 0.15) is 0 Å². The molecule has 4 nitrogen and oxygen atoms in total. The Morgan fingerprint density at radius 3 is 2.73 bits per heavy atom. The first-order chi connectivity index (χ1) is 5.16. The van der Waals surface area contributed by atoms with Gasteiger partial charge in [-0.15, -0.1) is 0 Å². The van der Waals surface area contributed by atoms with E-state index in [9.17, 15) is 9.59 Å². The van der Waals surface area contributed by atoms with Gasteiger partial charge >= 0.3 is 6.09 Å². The second-order valence-electron chi connectivity index (χ2n) is 2.56. The molecule has 0 N–H and O–H groups in total. The van der Waals surface area contributed by atoms with E-state index in [1.165, 1.54) is 12.0 Å². The lowest BCUT2D eigenvalue weighted by Gasteiger charge is -2.17. The molecule has 0 spiro atoms. The van der Waals surface area contributed by atoms with Crippen molar-refractivity contribution in [3.63, 3.8) is 0 Å². The van der Waals surface area contributed by atoms with Gasteiger partial charge < -0.3 is 4.74 Å². The van der Waals surface area contributed by atoms with Gasteiger partial charge in [0.15, 0.2) is 5.78 Å². The van der Waals surface area contributed by atoms with Crippen LogP contribution in [0.5, 0.6) is 0 Å². The van der Waals surface area contributed by atoms with E-state index in [-0.39, 0.29) is 11.8 Å². The van der Waals surface area contributed by atoms with Crippen molar-refractivity contribution in [2.75, 3.05) is 13.7 Å². The van der Waals surface area contributed by atoms with Crippen molar-refractivity contribution in [3.05, 3.63) is 0 Å². The van der Waals surface area contributed by atoms with Crippen molar-refractivity contribution in [3.8, 4) is 0 Å². The summed E-state index contributed by atoms with van der Waals surface area (Å²) in [5.74, 6) is 0.107. The van der Waals surface area contributed by atoms with E-state index in [0.717, 1.165) is 0 Å². The zero-order valence-corrected chi connectivity index (χ0v) is 6.66. The van der Waals surface area contributed by atoms with Crippen LogP contribution in [0.2, 0.25) is 0 Å². The first kappa shape index (κ1) is 8.04. The number of amides is 1. The van der Waals surface area contributed by atoms with Crippen molar-refractivity contribution in [1.29, 1.82) is 0 Å². The van der Waals surface area contributed by atoms with E-state index in [4.69, 9.17) is 0 Å². The monoisotopic (exact) mass is 157 g/mol. The topological polar surface area (TPSA) is 46.6 Å². The first-order valence-electron chi connectivity index (χ1n) is 3.54. The number of carbonyl (C=O) groups excluding carboxylic acids is 2. The minimum absolute atomic E-state index is 0.107. The summed E-state index contributed by atoms with van der Waals surface area (Å²) in [4.78, 5) is 23.3. The zero-order valence-electron chi connectivity index (χ0n) is 6.66. The molecule has 1 aliphatic heterocycles. The second-order valence-corrected chi connectivity index (χ2v) is 2.56. The molecule has 1 aliphatic rings. The molecule has 0 aromatic carbocycles. The minimum Gasteiger partial charge on any atom is -0.453 e. The molecule has 0 aliphatic carbocycles. The number of likely N-dealkylation sites (tertiary alicyclic amines) is 1. The van der Waals surface area contributed by atoms with Gasteiger partial charge in [0, 0.05) is 13.0 Å². The van der Waals surface area contributed by atoms with Gasteiger partial charge in [-0.05, 0) is 6.92 Å². The van der Waals surface area contributed by atoms with Crippen LogP contribution in [0.15, 0.2) is 0 Å². The Morgan fingerprint density at radius 2 is 2.36 bits per heavy atom. The Kier molecular flexibility index (Phi) is 2.12. The third-order valence-electron chi connectivity index (χ3n) is 1.94. The van der Waals surface area contributed by atoms with E-state index in [0.29, 0.717) is 13.0 Å². The van der Waals surface area contributed by atoms with Gasteiger partial charge in [0.25, 0.3) is 0 Å². The summed E-state index contributed by atoms with van der Waals surface area (Å²) in [5, 5.41) is 0. The number of ketones is 1. The average Bonchev–Trinajstić information content (AvgIpc) is 2.32. The lowest BCUT2D eigenvalue weighted by atomic mass is 10.2. The predicted octanol–water partition coefficient (Wildman–Crippen LogP) is 0.416. The fraction of sp³-hybridized carbons (Fsp3) is 0.714. The lowest BCUT2D eigenvalue weighted by Crippen LogP contribution is -2.35.